The van der Waals surface area contributed by atoms with Gasteiger partial charge in [0.25, 0.3) is 5.91 Å². The zero-order valence-corrected chi connectivity index (χ0v) is 14.6. The van der Waals surface area contributed by atoms with Gasteiger partial charge in [0.2, 0.25) is 0 Å². The van der Waals surface area contributed by atoms with Crippen LogP contribution in [0.2, 0.25) is 0 Å². The maximum Gasteiger partial charge on any atom is 0.276 e. The fourth-order valence-electron chi connectivity index (χ4n) is 2.48. The fraction of sp³-hybridized carbons (Fsp3) is 0.0952. The lowest BCUT2D eigenvalue weighted by Gasteiger charge is -2.17. The first-order chi connectivity index (χ1) is 12.7. The molecule has 0 bridgehead atoms. The molecule has 0 atom stereocenters. The lowest BCUT2D eigenvalue weighted by Crippen LogP contribution is -2.27. The van der Waals surface area contributed by atoms with E-state index in [1.165, 1.54) is 0 Å². The monoisotopic (exact) mass is 344 g/mol. The average molecular weight is 344 g/mol. The van der Waals surface area contributed by atoms with Crippen LogP contribution in [-0.2, 0) is 0 Å². The number of carbonyl (C=O) groups excluding carboxylic acids is 1. The predicted octanol–water partition coefficient (Wildman–Crippen LogP) is 4.02. The van der Waals surface area contributed by atoms with E-state index in [-0.39, 0.29) is 5.91 Å². The Morgan fingerprint density at radius 3 is 2.38 bits per heavy atom. The number of anilines is 2. The lowest BCUT2D eigenvalue weighted by molar-refractivity contribution is 0.0988. The Balaban J connectivity index is 1.99. The molecule has 5 nitrogen and oxygen atoms in total. The summed E-state index contributed by atoms with van der Waals surface area (Å²) >= 11 is 0. The second kappa shape index (κ2) is 8.07. The first-order valence-electron chi connectivity index (χ1n) is 8.31. The predicted molar refractivity (Wildman–Crippen MR) is 105 cm³/mol. The van der Waals surface area contributed by atoms with Gasteiger partial charge in [-0.15, -0.1) is 6.58 Å². The maximum absolute atomic E-state index is 12.9. The van der Waals surface area contributed by atoms with Crippen LogP contribution in [0.5, 0.6) is 0 Å². The number of amides is 1. The molecule has 0 radical (unpaired) electrons. The highest BCUT2D eigenvalue weighted by Gasteiger charge is 2.17. The fourth-order valence-corrected chi connectivity index (χ4v) is 2.48. The Kier molecular flexibility index (Phi) is 5.39. The van der Waals surface area contributed by atoms with Crippen molar-refractivity contribution >= 4 is 17.4 Å². The van der Waals surface area contributed by atoms with Crippen molar-refractivity contribution in [2.45, 2.75) is 0 Å². The van der Waals surface area contributed by atoms with Crippen molar-refractivity contribution in [1.82, 2.24) is 9.97 Å². The molecule has 0 saturated heterocycles. The van der Waals surface area contributed by atoms with Gasteiger partial charge >= 0.3 is 0 Å². The van der Waals surface area contributed by atoms with E-state index in [4.69, 9.17) is 0 Å². The molecule has 3 rings (SSSR count). The Labute approximate surface area is 153 Å². The number of benzene rings is 2. The summed E-state index contributed by atoms with van der Waals surface area (Å²) in [6, 6.07) is 20.7. The van der Waals surface area contributed by atoms with Crippen LogP contribution in [0.4, 0.5) is 11.5 Å². The van der Waals surface area contributed by atoms with Crippen LogP contribution in [0.3, 0.4) is 0 Å². The third kappa shape index (κ3) is 3.95. The van der Waals surface area contributed by atoms with E-state index in [0.29, 0.717) is 23.9 Å². The summed E-state index contributed by atoms with van der Waals surface area (Å²) in [7, 11) is 1.73. The van der Waals surface area contributed by atoms with Crippen LogP contribution in [-0.4, -0.2) is 29.5 Å². The number of nitrogens with zero attached hydrogens (tertiary/aromatic N) is 3. The minimum atomic E-state index is -0.197. The topological polar surface area (TPSA) is 58.1 Å². The molecule has 1 N–H and O–H groups in total. The Hall–Kier alpha value is -3.47. The molecule has 0 aliphatic heterocycles. The highest BCUT2D eigenvalue weighted by atomic mass is 16.2. The summed E-state index contributed by atoms with van der Waals surface area (Å²) in [5.41, 5.74) is 1.99. The molecule has 0 saturated carbocycles. The lowest BCUT2D eigenvalue weighted by atomic mass is 10.2. The van der Waals surface area contributed by atoms with Gasteiger partial charge < -0.3 is 10.2 Å². The first-order valence-corrected chi connectivity index (χ1v) is 8.31. The molecule has 1 heterocycles. The summed E-state index contributed by atoms with van der Waals surface area (Å²) in [5.74, 6) is 0.894. The SMILES string of the molecule is C=CCNc1cc(C(=O)N(C)c2ccccc2)nc(-c2ccccc2)n1. The van der Waals surface area contributed by atoms with Crippen molar-refractivity contribution in [3.8, 4) is 11.4 Å². The summed E-state index contributed by atoms with van der Waals surface area (Å²) < 4.78 is 0. The number of hydrogen-bond donors (Lipinski definition) is 1. The summed E-state index contributed by atoms with van der Waals surface area (Å²) in [6.45, 7) is 4.25. The van der Waals surface area contributed by atoms with Crippen molar-refractivity contribution in [1.29, 1.82) is 0 Å². The van der Waals surface area contributed by atoms with Gasteiger partial charge in [-0.2, -0.15) is 0 Å². The molecule has 0 aliphatic carbocycles. The van der Waals surface area contributed by atoms with E-state index < -0.39 is 0 Å². The summed E-state index contributed by atoms with van der Waals surface area (Å²) in [5, 5.41) is 3.14. The molecule has 0 fully saturated rings. The van der Waals surface area contributed by atoms with Gasteiger partial charge in [0, 0.05) is 30.9 Å². The molecular formula is C21H20N4O. The number of rotatable bonds is 6. The highest BCUT2D eigenvalue weighted by Crippen LogP contribution is 2.20. The number of carbonyl (C=O) groups is 1. The smallest absolute Gasteiger partial charge is 0.276 e. The van der Waals surface area contributed by atoms with Crippen LogP contribution in [0.25, 0.3) is 11.4 Å². The Morgan fingerprint density at radius 2 is 1.73 bits per heavy atom. The van der Waals surface area contributed by atoms with Gasteiger partial charge in [-0.3, -0.25) is 4.79 Å². The van der Waals surface area contributed by atoms with Gasteiger partial charge in [0.05, 0.1) is 0 Å². The molecule has 2 aromatic carbocycles. The Morgan fingerprint density at radius 1 is 1.08 bits per heavy atom. The van der Waals surface area contributed by atoms with E-state index in [1.807, 2.05) is 60.7 Å². The number of nitrogens with one attached hydrogen (secondary N) is 1. The van der Waals surface area contributed by atoms with Crippen molar-refractivity contribution in [2.24, 2.45) is 0 Å². The van der Waals surface area contributed by atoms with Crippen molar-refractivity contribution in [2.75, 3.05) is 23.8 Å². The quantitative estimate of drug-likeness (QED) is 0.686. The van der Waals surface area contributed by atoms with E-state index in [9.17, 15) is 4.79 Å². The van der Waals surface area contributed by atoms with Crippen molar-refractivity contribution in [3.63, 3.8) is 0 Å². The largest absolute Gasteiger partial charge is 0.366 e. The summed E-state index contributed by atoms with van der Waals surface area (Å²) in [4.78, 5) is 23.5. The zero-order valence-electron chi connectivity index (χ0n) is 14.6. The molecule has 0 aliphatic rings. The molecular weight excluding hydrogens is 324 g/mol. The second-order valence-electron chi connectivity index (χ2n) is 5.70. The number of hydrogen-bond acceptors (Lipinski definition) is 4. The molecule has 3 aromatic rings. The van der Waals surface area contributed by atoms with Gasteiger partial charge in [0.15, 0.2) is 5.82 Å². The minimum Gasteiger partial charge on any atom is -0.366 e. The van der Waals surface area contributed by atoms with Gasteiger partial charge in [-0.05, 0) is 12.1 Å². The zero-order chi connectivity index (χ0) is 18.4. The Bertz CT molecular complexity index is 894. The van der Waals surface area contributed by atoms with Crippen LogP contribution in [0.1, 0.15) is 10.5 Å². The van der Waals surface area contributed by atoms with Crippen molar-refractivity contribution < 1.29 is 4.79 Å². The first kappa shape index (κ1) is 17.4. The number of para-hydroxylation sites is 1. The molecule has 0 spiro atoms. The second-order valence-corrected chi connectivity index (χ2v) is 5.70. The van der Waals surface area contributed by atoms with E-state index in [2.05, 4.69) is 21.9 Å². The molecule has 1 aromatic heterocycles. The normalized spacial score (nSPS) is 10.2. The molecule has 0 unspecified atom stereocenters. The third-order valence-corrected chi connectivity index (χ3v) is 3.85. The van der Waals surface area contributed by atoms with Crippen LogP contribution in [0, 0.1) is 0 Å². The number of aromatic nitrogens is 2. The summed E-state index contributed by atoms with van der Waals surface area (Å²) in [6.07, 6.45) is 1.74. The third-order valence-electron chi connectivity index (χ3n) is 3.85. The van der Waals surface area contributed by atoms with Gasteiger partial charge in [-0.1, -0.05) is 54.6 Å². The average Bonchev–Trinajstić information content (AvgIpc) is 2.72. The van der Waals surface area contributed by atoms with Gasteiger partial charge in [0.1, 0.15) is 11.5 Å². The maximum atomic E-state index is 12.9. The van der Waals surface area contributed by atoms with Gasteiger partial charge in [-0.25, -0.2) is 9.97 Å². The molecule has 5 heteroatoms. The molecule has 26 heavy (non-hydrogen) atoms. The van der Waals surface area contributed by atoms with Crippen LogP contribution >= 0.6 is 0 Å². The molecule has 1 amide bonds. The van der Waals surface area contributed by atoms with E-state index >= 15 is 0 Å². The van der Waals surface area contributed by atoms with Crippen LogP contribution in [0.15, 0.2) is 79.4 Å². The van der Waals surface area contributed by atoms with E-state index in [0.717, 1.165) is 11.3 Å². The molecule has 130 valence electrons. The van der Waals surface area contributed by atoms with E-state index in [1.54, 1.807) is 24.1 Å². The standard InChI is InChI=1S/C21H20N4O/c1-3-14-22-19-15-18(21(26)25(2)17-12-8-5-9-13-17)23-20(24-19)16-10-6-4-7-11-16/h3-13,15H,1,14H2,2H3,(H,22,23,24). The highest BCUT2D eigenvalue weighted by molar-refractivity contribution is 6.05. The van der Waals surface area contributed by atoms with Crippen LogP contribution < -0.4 is 10.2 Å². The van der Waals surface area contributed by atoms with Crippen molar-refractivity contribution in [3.05, 3.63) is 85.1 Å². The minimum absolute atomic E-state index is 0.197.